The van der Waals surface area contributed by atoms with Gasteiger partial charge in [0.2, 0.25) is 15.8 Å². The van der Waals surface area contributed by atoms with Gasteiger partial charge in [0.1, 0.15) is 5.58 Å². The van der Waals surface area contributed by atoms with E-state index in [-0.39, 0.29) is 10.8 Å². The van der Waals surface area contributed by atoms with E-state index in [9.17, 15) is 8.42 Å². The van der Waals surface area contributed by atoms with Crippen LogP contribution in [0.1, 0.15) is 30.9 Å². The van der Waals surface area contributed by atoms with Crippen LogP contribution in [0, 0.1) is 19.8 Å². The van der Waals surface area contributed by atoms with Gasteiger partial charge in [-0.25, -0.2) is 8.42 Å². The van der Waals surface area contributed by atoms with Crippen molar-refractivity contribution in [3.8, 4) is 23.0 Å². The Hall–Kier alpha value is -2.97. The van der Waals surface area contributed by atoms with Crippen LogP contribution in [0.2, 0.25) is 0 Å². The van der Waals surface area contributed by atoms with E-state index in [1.165, 1.54) is 0 Å². The second-order valence-corrected chi connectivity index (χ2v) is 10.5. The Morgan fingerprint density at radius 3 is 2.59 bits per heavy atom. The maximum absolute atomic E-state index is 13.2. The minimum Gasteiger partial charge on any atom is -0.451 e. The summed E-state index contributed by atoms with van der Waals surface area (Å²) in [5.74, 6) is 1.75. The number of fused-ring (bicyclic) bond motifs is 1. The maximum atomic E-state index is 13.2. The lowest BCUT2D eigenvalue weighted by Crippen LogP contribution is -2.37. The number of furan rings is 1. The van der Waals surface area contributed by atoms with E-state index in [1.807, 2.05) is 38.1 Å². The molecule has 0 radical (unpaired) electrons. The molecule has 0 atom stereocenters. The predicted octanol–water partition coefficient (Wildman–Crippen LogP) is 5.19. The molecule has 1 saturated heterocycles. The van der Waals surface area contributed by atoms with E-state index < -0.39 is 10.0 Å². The number of nitrogens with zero attached hydrogens (tertiary/aromatic N) is 3. The van der Waals surface area contributed by atoms with Crippen molar-refractivity contribution in [1.82, 2.24) is 14.4 Å². The van der Waals surface area contributed by atoms with Gasteiger partial charge in [-0.1, -0.05) is 35.8 Å². The molecule has 1 fully saturated rings. The van der Waals surface area contributed by atoms with Gasteiger partial charge in [-0.15, -0.1) is 0 Å². The first-order valence-electron chi connectivity index (χ1n) is 10.8. The minimum absolute atomic E-state index is 0.268. The molecule has 0 amide bonds. The van der Waals surface area contributed by atoms with Crippen LogP contribution >= 0.6 is 0 Å². The monoisotopic (exact) mass is 451 g/mol. The van der Waals surface area contributed by atoms with E-state index in [4.69, 9.17) is 8.94 Å². The summed E-state index contributed by atoms with van der Waals surface area (Å²) in [7, 11) is -3.54. The standard InChI is InChI=1S/C24H25N3O4S/c1-15-9-11-27(12-10-15)32(28,29)19-7-8-21-20(14-19)17(3)22(30-21)24-25-23(26-31-24)18-6-4-5-16(2)13-18/h4-8,13-15H,9-12H2,1-3H3. The molecule has 2 aromatic carbocycles. The fourth-order valence-electron chi connectivity index (χ4n) is 4.16. The van der Waals surface area contributed by atoms with Gasteiger partial charge in [0, 0.05) is 29.6 Å². The Bertz CT molecular complexity index is 1400. The van der Waals surface area contributed by atoms with Crippen molar-refractivity contribution >= 4 is 21.0 Å². The first kappa shape index (κ1) is 20.9. The number of rotatable bonds is 4. The van der Waals surface area contributed by atoms with Crippen molar-refractivity contribution in [1.29, 1.82) is 0 Å². The number of hydrogen-bond donors (Lipinski definition) is 0. The molecule has 0 unspecified atom stereocenters. The van der Waals surface area contributed by atoms with Crippen molar-refractivity contribution in [2.45, 2.75) is 38.5 Å². The zero-order chi connectivity index (χ0) is 22.5. The highest BCUT2D eigenvalue weighted by molar-refractivity contribution is 7.89. The fourth-order valence-corrected chi connectivity index (χ4v) is 5.65. The maximum Gasteiger partial charge on any atom is 0.294 e. The van der Waals surface area contributed by atoms with Crippen molar-refractivity contribution in [3.63, 3.8) is 0 Å². The molecular formula is C24H25N3O4S. The van der Waals surface area contributed by atoms with Gasteiger partial charge >= 0.3 is 0 Å². The second kappa shape index (κ2) is 7.86. The summed E-state index contributed by atoms with van der Waals surface area (Å²) in [6, 6.07) is 12.8. The number of hydrogen-bond acceptors (Lipinski definition) is 6. The van der Waals surface area contributed by atoms with Crippen LogP contribution in [0.5, 0.6) is 0 Å². The van der Waals surface area contributed by atoms with Crippen molar-refractivity contribution in [2.75, 3.05) is 13.1 Å². The van der Waals surface area contributed by atoms with Crippen molar-refractivity contribution < 1.29 is 17.4 Å². The zero-order valence-electron chi connectivity index (χ0n) is 18.3. The first-order chi connectivity index (χ1) is 15.3. The fraction of sp³-hybridized carbons (Fsp3) is 0.333. The van der Waals surface area contributed by atoms with E-state index in [1.54, 1.807) is 22.5 Å². The van der Waals surface area contributed by atoms with Crippen LogP contribution < -0.4 is 0 Å². The summed E-state index contributed by atoms with van der Waals surface area (Å²) in [6.45, 7) is 7.15. The van der Waals surface area contributed by atoms with Crippen LogP contribution in [0.25, 0.3) is 34.0 Å². The normalized spacial score (nSPS) is 16.1. The minimum atomic E-state index is -3.54. The SMILES string of the molecule is Cc1cccc(-c2noc(-c3oc4ccc(S(=O)(=O)N5CCC(C)CC5)cc4c3C)n2)c1. The molecule has 2 aromatic heterocycles. The van der Waals surface area contributed by atoms with Crippen LogP contribution in [0.3, 0.4) is 0 Å². The van der Waals surface area contributed by atoms with Gasteiger partial charge in [-0.3, -0.25) is 0 Å². The summed E-state index contributed by atoms with van der Waals surface area (Å²) >= 11 is 0. The van der Waals surface area contributed by atoms with Gasteiger partial charge in [0.15, 0.2) is 5.76 Å². The Balaban J connectivity index is 1.50. The Kier molecular flexibility index (Phi) is 5.14. The molecular weight excluding hydrogens is 426 g/mol. The van der Waals surface area contributed by atoms with E-state index in [2.05, 4.69) is 17.1 Å². The number of benzene rings is 2. The van der Waals surface area contributed by atoms with Crippen LogP contribution in [0.15, 0.2) is 56.3 Å². The molecule has 7 nitrogen and oxygen atoms in total. The molecule has 0 N–H and O–H groups in total. The molecule has 1 aliphatic heterocycles. The predicted molar refractivity (Wildman–Crippen MR) is 122 cm³/mol. The van der Waals surface area contributed by atoms with Crippen LogP contribution in [-0.4, -0.2) is 36.0 Å². The van der Waals surface area contributed by atoms with Crippen molar-refractivity contribution in [2.24, 2.45) is 5.92 Å². The molecule has 0 aliphatic carbocycles. The molecule has 166 valence electrons. The first-order valence-corrected chi connectivity index (χ1v) is 12.2. The van der Waals surface area contributed by atoms with E-state index in [0.717, 1.165) is 34.9 Å². The molecule has 0 saturated carbocycles. The topological polar surface area (TPSA) is 89.4 Å². The summed E-state index contributed by atoms with van der Waals surface area (Å²) < 4.78 is 39.4. The van der Waals surface area contributed by atoms with Gasteiger partial charge in [-0.05, 0) is 56.9 Å². The van der Waals surface area contributed by atoms with E-state index in [0.29, 0.717) is 36.2 Å². The smallest absolute Gasteiger partial charge is 0.294 e. The quantitative estimate of drug-likeness (QED) is 0.424. The summed E-state index contributed by atoms with van der Waals surface area (Å²) in [4.78, 5) is 4.78. The Labute approximate surface area is 187 Å². The molecule has 0 bridgehead atoms. The Morgan fingerprint density at radius 2 is 1.84 bits per heavy atom. The lowest BCUT2D eigenvalue weighted by atomic mass is 10.0. The number of aromatic nitrogens is 2. The third kappa shape index (κ3) is 3.63. The lowest BCUT2D eigenvalue weighted by molar-refractivity contribution is 0.288. The van der Waals surface area contributed by atoms with Gasteiger partial charge in [0.25, 0.3) is 5.89 Å². The van der Waals surface area contributed by atoms with Crippen LogP contribution in [-0.2, 0) is 10.0 Å². The van der Waals surface area contributed by atoms with Gasteiger partial charge < -0.3 is 8.94 Å². The summed E-state index contributed by atoms with van der Waals surface area (Å²) in [6.07, 6.45) is 1.77. The summed E-state index contributed by atoms with van der Waals surface area (Å²) in [5.41, 5.74) is 3.31. The molecule has 4 aromatic rings. The molecule has 1 aliphatic rings. The van der Waals surface area contributed by atoms with Crippen molar-refractivity contribution in [3.05, 3.63) is 53.6 Å². The number of sulfonamides is 1. The molecule has 32 heavy (non-hydrogen) atoms. The van der Waals surface area contributed by atoms with Gasteiger partial charge in [-0.2, -0.15) is 9.29 Å². The number of piperidine rings is 1. The van der Waals surface area contributed by atoms with E-state index >= 15 is 0 Å². The molecule has 0 spiro atoms. The highest BCUT2D eigenvalue weighted by Gasteiger charge is 2.29. The third-order valence-corrected chi connectivity index (χ3v) is 8.08. The third-order valence-electron chi connectivity index (χ3n) is 6.18. The highest BCUT2D eigenvalue weighted by atomic mass is 32.2. The lowest BCUT2D eigenvalue weighted by Gasteiger charge is -2.29. The summed E-state index contributed by atoms with van der Waals surface area (Å²) in [5, 5.41) is 4.81. The average Bonchev–Trinajstić information content (AvgIpc) is 3.39. The molecule has 5 rings (SSSR count). The number of aryl methyl sites for hydroxylation is 2. The zero-order valence-corrected chi connectivity index (χ0v) is 19.1. The largest absolute Gasteiger partial charge is 0.451 e. The molecule has 8 heteroatoms. The average molecular weight is 452 g/mol. The second-order valence-electron chi connectivity index (χ2n) is 8.59. The van der Waals surface area contributed by atoms with Crippen LogP contribution in [0.4, 0.5) is 0 Å². The Morgan fingerprint density at radius 1 is 1.06 bits per heavy atom. The highest BCUT2D eigenvalue weighted by Crippen LogP contribution is 2.35. The van der Waals surface area contributed by atoms with Gasteiger partial charge in [0.05, 0.1) is 4.90 Å². The molecule has 3 heterocycles.